The fourth-order valence-corrected chi connectivity index (χ4v) is 1.03. The van der Waals surface area contributed by atoms with Crippen LogP contribution in [0.3, 0.4) is 0 Å². The fraction of sp³-hybridized carbons (Fsp3) is 0.545. The highest BCUT2D eigenvalue weighted by molar-refractivity contribution is 5.15. The van der Waals surface area contributed by atoms with Gasteiger partial charge in [-0.25, -0.2) is 0 Å². The van der Waals surface area contributed by atoms with Gasteiger partial charge in [0.2, 0.25) is 0 Å². The third-order valence-electron chi connectivity index (χ3n) is 2.05. The summed E-state index contributed by atoms with van der Waals surface area (Å²) in [6, 6.07) is 2.07. The molecule has 0 amide bonds. The van der Waals surface area contributed by atoms with E-state index in [-0.39, 0.29) is 5.60 Å². The maximum atomic E-state index is 5.65. The van der Waals surface area contributed by atoms with E-state index < -0.39 is 0 Å². The van der Waals surface area contributed by atoms with E-state index in [0.29, 0.717) is 13.2 Å². The van der Waals surface area contributed by atoms with Gasteiger partial charge in [-0.3, -0.25) is 4.98 Å². The number of rotatable bonds is 4. The average Bonchev–Trinajstić information content (AvgIpc) is 2.15. The quantitative estimate of drug-likeness (QED) is 0.792. The number of hydrogen-bond acceptors (Lipinski definition) is 3. The van der Waals surface area contributed by atoms with Gasteiger partial charge in [0, 0.05) is 18.9 Å². The van der Waals surface area contributed by atoms with Gasteiger partial charge in [-0.1, -0.05) is 6.07 Å². The lowest BCUT2D eigenvalue weighted by Crippen LogP contribution is -2.33. The molecule has 0 atom stereocenters. The summed E-state index contributed by atoms with van der Waals surface area (Å²) in [4.78, 5) is 4.10. The summed E-state index contributed by atoms with van der Waals surface area (Å²) in [7, 11) is 0. The second-order valence-corrected chi connectivity index (χ2v) is 4.12. The average molecular weight is 194 g/mol. The van der Waals surface area contributed by atoms with Crippen molar-refractivity contribution in [1.29, 1.82) is 0 Å². The van der Waals surface area contributed by atoms with Crippen molar-refractivity contribution in [3.05, 3.63) is 29.6 Å². The summed E-state index contributed by atoms with van der Waals surface area (Å²) < 4.78 is 5.65. The first-order valence-electron chi connectivity index (χ1n) is 4.78. The van der Waals surface area contributed by atoms with Crippen LogP contribution in [0.4, 0.5) is 0 Å². The number of nitrogens with zero attached hydrogens (tertiary/aromatic N) is 1. The summed E-state index contributed by atoms with van der Waals surface area (Å²) in [5.41, 5.74) is 7.54. The highest BCUT2D eigenvalue weighted by atomic mass is 16.5. The minimum atomic E-state index is -0.260. The van der Waals surface area contributed by atoms with E-state index >= 15 is 0 Å². The summed E-state index contributed by atoms with van der Waals surface area (Å²) in [5, 5.41) is 0. The van der Waals surface area contributed by atoms with Crippen molar-refractivity contribution in [3.63, 3.8) is 0 Å². The van der Waals surface area contributed by atoms with E-state index in [4.69, 9.17) is 10.5 Å². The van der Waals surface area contributed by atoms with E-state index in [9.17, 15) is 0 Å². The van der Waals surface area contributed by atoms with Gasteiger partial charge in [-0.05, 0) is 31.9 Å². The molecule has 1 heterocycles. The molecule has 3 heteroatoms. The highest BCUT2D eigenvalue weighted by Crippen LogP contribution is 2.11. The Labute approximate surface area is 85.3 Å². The largest absolute Gasteiger partial charge is 0.370 e. The van der Waals surface area contributed by atoms with Crippen molar-refractivity contribution in [1.82, 2.24) is 4.98 Å². The SMILES string of the molecule is Cc1cncc(COC(C)(C)CN)c1. The normalized spacial score (nSPS) is 11.7. The zero-order valence-corrected chi connectivity index (χ0v) is 9.08. The molecule has 78 valence electrons. The van der Waals surface area contributed by atoms with Crippen LogP contribution < -0.4 is 5.73 Å². The van der Waals surface area contributed by atoms with Gasteiger partial charge >= 0.3 is 0 Å². The third kappa shape index (κ3) is 3.44. The summed E-state index contributed by atoms with van der Waals surface area (Å²) in [5.74, 6) is 0. The molecule has 0 spiro atoms. The molecule has 0 aliphatic rings. The number of nitrogens with two attached hydrogens (primary N) is 1. The van der Waals surface area contributed by atoms with Crippen LogP contribution in [0.15, 0.2) is 18.5 Å². The molecule has 1 rings (SSSR count). The number of hydrogen-bond donors (Lipinski definition) is 1. The Bertz CT molecular complexity index is 297. The second kappa shape index (κ2) is 4.53. The number of pyridine rings is 1. The summed E-state index contributed by atoms with van der Waals surface area (Å²) in [6.45, 7) is 7.07. The Balaban J connectivity index is 2.54. The molecular formula is C11H18N2O. The molecule has 0 unspecified atom stereocenters. The van der Waals surface area contributed by atoms with Gasteiger partial charge in [0.25, 0.3) is 0 Å². The Morgan fingerprint density at radius 1 is 1.43 bits per heavy atom. The van der Waals surface area contributed by atoms with Crippen molar-refractivity contribution >= 4 is 0 Å². The molecule has 0 aromatic carbocycles. The fourth-order valence-electron chi connectivity index (χ4n) is 1.03. The van der Waals surface area contributed by atoms with Gasteiger partial charge < -0.3 is 10.5 Å². The summed E-state index contributed by atoms with van der Waals surface area (Å²) in [6.07, 6.45) is 3.65. The predicted octanol–water partition coefficient (Wildman–Crippen LogP) is 1.64. The van der Waals surface area contributed by atoms with Crippen LogP contribution in [0.1, 0.15) is 25.0 Å². The summed E-state index contributed by atoms with van der Waals surface area (Å²) >= 11 is 0. The van der Waals surface area contributed by atoms with Crippen molar-refractivity contribution < 1.29 is 4.74 Å². The van der Waals surface area contributed by atoms with E-state index in [1.165, 1.54) is 0 Å². The minimum absolute atomic E-state index is 0.260. The van der Waals surface area contributed by atoms with E-state index in [1.54, 1.807) is 0 Å². The molecule has 0 aliphatic heterocycles. The standard InChI is InChI=1S/C11H18N2O/c1-9-4-10(6-13-5-9)7-14-11(2,3)8-12/h4-6H,7-8,12H2,1-3H3. The Hall–Kier alpha value is -0.930. The third-order valence-corrected chi connectivity index (χ3v) is 2.05. The van der Waals surface area contributed by atoms with Gasteiger partial charge in [0.15, 0.2) is 0 Å². The maximum Gasteiger partial charge on any atom is 0.0752 e. The molecule has 0 fully saturated rings. The van der Waals surface area contributed by atoms with Gasteiger partial charge in [-0.15, -0.1) is 0 Å². The second-order valence-electron chi connectivity index (χ2n) is 4.12. The minimum Gasteiger partial charge on any atom is -0.370 e. The van der Waals surface area contributed by atoms with Crippen LogP contribution >= 0.6 is 0 Å². The van der Waals surface area contributed by atoms with Crippen LogP contribution in [0.25, 0.3) is 0 Å². The molecule has 0 radical (unpaired) electrons. The lowest BCUT2D eigenvalue weighted by Gasteiger charge is -2.23. The Morgan fingerprint density at radius 3 is 2.71 bits per heavy atom. The molecule has 3 nitrogen and oxygen atoms in total. The predicted molar refractivity (Wildman–Crippen MR) is 56.9 cm³/mol. The van der Waals surface area contributed by atoms with Gasteiger partial charge in [0.1, 0.15) is 0 Å². The molecule has 1 aromatic rings. The van der Waals surface area contributed by atoms with E-state index in [2.05, 4.69) is 11.1 Å². The van der Waals surface area contributed by atoms with E-state index in [0.717, 1.165) is 11.1 Å². The molecule has 0 saturated heterocycles. The molecule has 0 saturated carbocycles. The first-order chi connectivity index (χ1) is 6.53. The van der Waals surface area contributed by atoms with Crippen molar-refractivity contribution in [3.8, 4) is 0 Å². The monoisotopic (exact) mass is 194 g/mol. The van der Waals surface area contributed by atoms with E-state index in [1.807, 2.05) is 33.2 Å². The van der Waals surface area contributed by atoms with Crippen molar-refractivity contribution in [2.24, 2.45) is 5.73 Å². The first kappa shape index (κ1) is 11.1. The van der Waals surface area contributed by atoms with Crippen molar-refractivity contribution in [2.75, 3.05) is 6.54 Å². The molecule has 1 aromatic heterocycles. The Kier molecular flexibility index (Phi) is 3.61. The molecular weight excluding hydrogens is 176 g/mol. The molecule has 14 heavy (non-hydrogen) atoms. The van der Waals surface area contributed by atoms with Crippen LogP contribution in [0, 0.1) is 6.92 Å². The molecule has 2 N–H and O–H groups in total. The zero-order valence-electron chi connectivity index (χ0n) is 9.08. The van der Waals surface area contributed by atoms with Crippen LogP contribution in [0.5, 0.6) is 0 Å². The number of aryl methyl sites for hydroxylation is 1. The highest BCUT2D eigenvalue weighted by Gasteiger charge is 2.15. The van der Waals surface area contributed by atoms with Crippen LogP contribution in [-0.2, 0) is 11.3 Å². The topological polar surface area (TPSA) is 48.1 Å². The maximum absolute atomic E-state index is 5.65. The molecule has 0 bridgehead atoms. The lowest BCUT2D eigenvalue weighted by molar-refractivity contribution is -0.0223. The van der Waals surface area contributed by atoms with Crippen LogP contribution in [0.2, 0.25) is 0 Å². The van der Waals surface area contributed by atoms with Gasteiger partial charge in [-0.2, -0.15) is 0 Å². The van der Waals surface area contributed by atoms with Crippen molar-refractivity contribution in [2.45, 2.75) is 33.0 Å². The lowest BCUT2D eigenvalue weighted by atomic mass is 10.1. The number of ether oxygens (including phenoxy) is 1. The smallest absolute Gasteiger partial charge is 0.0752 e. The Morgan fingerprint density at radius 2 is 2.14 bits per heavy atom. The zero-order chi connectivity index (χ0) is 10.6. The first-order valence-corrected chi connectivity index (χ1v) is 4.78. The number of aromatic nitrogens is 1. The molecule has 0 aliphatic carbocycles. The van der Waals surface area contributed by atoms with Crippen LogP contribution in [-0.4, -0.2) is 17.1 Å². The van der Waals surface area contributed by atoms with Gasteiger partial charge in [0.05, 0.1) is 12.2 Å².